The molecule has 3 N–H and O–H groups in total. The molecule has 0 saturated heterocycles. The quantitative estimate of drug-likeness (QED) is 0.638. The third-order valence-electron chi connectivity index (χ3n) is 5.02. The fraction of sp³-hybridized carbons (Fsp3) is 0.417. The zero-order valence-electron chi connectivity index (χ0n) is 18.2. The maximum Gasteiger partial charge on any atom is 0.412 e. The number of rotatable bonds is 4. The minimum absolute atomic E-state index is 0.166. The highest BCUT2D eigenvalue weighted by atomic mass is 16.6. The molecule has 0 radical (unpaired) electrons. The molecule has 0 saturated carbocycles. The molecule has 0 bridgehead atoms. The van der Waals surface area contributed by atoms with Crippen LogP contribution < -0.4 is 10.6 Å². The van der Waals surface area contributed by atoms with Crippen molar-refractivity contribution in [3.05, 3.63) is 65.2 Å². The summed E-state index contributed by atoms with van der Waals surface area (Å²) >= 11 is 0. The zero-order valence-corrected chi connectivity index (χ0v) is 18.2. The maximum atomic E-state index is 12.2. The summed E-state index contributed by atoms with van der Waals surface area (Å²) < 4.78 is 10.6. The van der Waals surface area contributed by atoms with Gasteiger partial charge in [0, 0.05) is 12.1 Å². The van der Waals surface area contributed by atoms with E-state index in [2.05, 4.69) is 10.6 Å². The van der Waals surface area contributed by atoms with Crippen LogP contribution in [0.4, 0.5) is 15.3 Å². The van der Waals surface area contributed by atoms with E-state index in [-0.39, 0.29) is 6.61 Å². The summed E-state index contributed by atoms with van der Waals surface area (Å²) in [5, 5.41) is 16.3. The van der Waals surface area contributed by atoms with Gasteiger partial charge in [0.2, 0.25) is 0 Å². The van der Waals surface area contributed by atoms with Crippen molar-refractivity contribution in [1.82, 2.24) is 5.32 Å². The number of hydrogen-bond acceptors (Lipinski definition) is 5. The van der Waals surface area contributed by atoms with Crippen LogP contribution in [0.1, 0.15) is 43.9 Å². The van der Waals surface area contributed by atoms with Crippen LogP contribution in [0.3, 0.4) is 0 Å². The summed E-state index contributed by atoms with van der Waals surface area (Å²) in [4.78, 5) is 24.4. The summed E-state index contributed by atoms with van der Waals surface area (Å²) in [5.41, 5.74) is 2.83. The number of anilines is 1. The molecule has 7 heteroatoms. The van der Waals surface area contributed by atoms with E-state index in [1.165, 1.54) is 0 Å². The first-order valence-electron chi connectivity index (χ1n) is 10.5. The fourth-order valence-electron chi connectivity index (χ4n) is 3.60. The van der Waals surface area contributed by atoms with Crippen LogP contribution in [0, 0.1) is 0 Å². The number of carbonyl (C=O) groups is 2. The number of benzene rings is 2. The maximum absolute atomic E-state index is 12.2. The normalized spacial score (nSPS) is 18.3. The smallest absolute Gasteiger partial charge is 0.412 e. The first kappa shape index (κ1) is 22.6. The molecule has 0 heterocycles. The second-order valence-corrected chi connectivity index (χ2v) is 8.69. The molecule has 2 unspecified atom stereocenters. The van der Waals surface area contributed by atoms with Gasteiger partial charge >= 0.3 is 12.2 Å². The van der Waals surface area contributed by atoms with Crippen molar-refractivity contribution in [1.29, 1.82) is 0 Å². The lowest BCUT2D eigenvalue weighted by Gasteiger charge is -2.21. The number of aliphatic hydroxyl groups is 1. The molecule has 7 nitrogen and oxygen atoms in total. The van der Waals surface area contributed by atoms with E-state index in [0.29, 0.717) is 24.9 Å². The molecule has 0 aliphatic heterocycles. The van der Waals surface area contributed by atoms with Crippen molar-refractivity contribution >= 4 is 17.9 Å². The molecule has 0 aromatic heterocycles. The van der Waals surface area contributed by atoms with E-state index in [1.807, 2.05) is 69.3 Å². The number of nitrogens with one attached hydrogen (secondary N) is 2. The lowest BCUT2D eigenvalue weighted by atomic mass is 10.0. The molecule has 2 aromatic carbocycles. The van der Waals surface area contributed by atoms with Gasteiger partial charge in [-0.2, -0.15) is 0 Å². The Morgan fingerprint density at radius 2 is 1.81 bits per heavy atom. The number of aliphatic hydroxyl groups excluding tert-OH is 1. The van der Waals surface area contributed by atoms with Gasteiger partial charge < -0.3 is 19.9 Å². The van der Waals surface area contributed by atoms with E-state index < -0.39 is 29.9 Å². The summed E-state index contributed by atoms with van der Waals surface area (Å²) in [5.74, 6) is 0. The molecule has 2 atom stereocenters. The highest BCUT2D eigenvalue weighted by Crippen LogP contribution is 2.28. The highest BCUT2D eigenvalue weighted by molar-refractivity contribution is 5.86. The Morgan fingerprint density at radius 1 is 1.06 bits per heavy atom. The number of fused-ring (bicyclic) bond motifs is 1. The van der Waals surface area contributed by atoms with Gasteiger partial charge in [-0.05, 0) is 56.4 Å². The Hall–Kier alpha value is -3.06. The van der Waals surface area contributed by atoms with Crippen molar-refractivity contribution in [2.45, 2.75) is 64.4 Å². The summed E-state index contributed by atoms with van der Waals surface area (Å²) in [6.45, 7) is 5.59. The largest absolute Gasteiger partial charge is 0.445 e. The summed E-state index contributed by atoms with van der Waals surface area (Å²) in [6.07, 6.45) is -0.384. The van der Waals surface area contributed by atoms with E-state index >= 15 is 0 Å². The minimum Gasteiger partial charge on any atom is -0.445 e. The van der Waals surface area contributed by atoms with Gasteiger partial charge in [0.1, 0.15) is 12.2 Å². The third-order valence-corrected chi connectivity index (χ3v) is 5.02. The SMILES string of the molecule is CC(C)(C)OC(=O)Nc1cccc2c1CCC(NC(=O)OCc1ccccc1)C(O)C2. The summed E-state index contributed by atoms with van der Waals surface area (Å²) in [7, 11) is 0. The number of ether oxygens (including phenoxy) is 2. The molecule has 0 fully saturated rings. The fourth-order valence-corrected chi connectivity index (χ4v) is 3.60. The lowest BCUT2D eigenvalue weighted by molar-refractivity contribution is 0.0635. The van der Waals surface area contributed by atoms with Crippen molar-refractivity contribution in [3.8, 4) is 0 Å². The zero-order chi connectivity index (χ0) is 22.4. The van der Waals surface area contributed by atoms with E-state index in [9.17, 15) is 14.7 Å². The Morgan fingerprint density at radius 3 is 2.52 bits per heavy atom. The summed E-state index contributed by atoms with van der Waals surface area (Å²) in [6, 6.07) is 14.5. The van der Waals surface area contributed by atoms with E-state index in [1.54, 1.807) is 0 Å². The van der Waals surface area contributed by atoms with Crippen LogP contribution in [-0.4, -0.2) is 35.0 Å². The van der Waals surface area contributed by atoms with Gasteiger partial charge in [0.05, 0.1) is 12.1 Å². The average Bonchev–Trinajstić information content (AvgIpc) is 2.85. The van der Waals surface area contributed by atoms with Crippen LogP contribution in [0.25, 0.3) is 0 Å². The first-order valence-corrected chi connectivity index (χ1v) is 10.5. The molecule has 31 heavy (non-hydrogen) atoms. The second kappa shape index (κ2) is 9.83. The molecule has 0 spiro atoms. The van der Waals surface area contributed by atoms with Crippen LogP contribution in [-0.2, 0) is 28.9 Å². The molecular weight excluding hydrogens is 396 g/mol. The number of hydrogen-bond donors (Lipinski definition) is 3. The molecule has 1 aliphatic carbocycles. The van der Waals surface area contributed by atoms with Crippen molar-refractivity contribution in [3.63, 3.8) is 0 Å². The second-order valence-electron chi connectivity index (χ2n) is 8.69. The number of carbonyl (C=O) groups excluding carboxylic acids is 2. The van der Waals surface area contributed by atoms with Gasteiger partial charge in [0.15, 0.2) is 0 Å². The number of alkyl carbamates (subject to hydrolysis) is 1. The molecule has 2 amide bonds. The molecular formula is C24H30N2O5. The van der Waals surface area contributed by atoms with Crippen LogP contribution in [0.15, 0.2) is 48.5 Å². The van der Waals surface area contributed by atoms with Crippen molar-refractivity contribution in [2.75, 3.05) is 5.32 Å². The number of amides is 2. The third kappa shape index (κ3) is 6.72. The standard InChI is InChI=1S/C24H30N2O5/c1-24(2,3)31-23(29)25-19-11-7-10-17-14-21(27)20(13-12-18(17)19)26-22(28)30-15-16-8-5-4-6-9-16/h4-11,20-21,27H,12-15H2,1-3H3,(H,25,29)(H,26,28). The topological polar surface area (TPSA) is 96.9 Å². The molecule has 166 valence electrons. The molecule has 3 rings (SSSR count). The Kier molecular flexibility index (Phi) is 7.17. The van der Waals surface area contributed by atoms with Crippen molar-refractivity contribution in [2.24, 2.45) is 0 Å². The lowest BCUT2D eigenvalue weighted by Crippen LogP contribution is -2.44. The Labute approximate surface area is 182 Å². The van der Waals surface area contributed by atoms with Gasteiger partial charge in [-0.1, -0.05) is 42.5 Å². The van der Waals surface area contributed by atoms with Gasteiger partial charge in [-0.25, -0.2) is 9.59 Å². The van der Waals surface area contributed by atoms with Gasteiger partial charge in [0.25, 0.3) is 0 Å². The Balaban J connectivity index is 1.61. The van der Waals surface area contributed by atoms with E-state index in [4.69, 9.17) is 9.47 Å². The van der Waals surface area contributed by atoms with Crippen LogP contribution >= 0.6 is 0 Å². The Bertz CT molecular complexity index is 908. The average molecular weight is 427 g/mol. The van der Waals surface area contributed by atoms with Crippen LogP contribution in [0.2, 0.25) is 0 Å². The van der Waals surface area contributed by atoms with Gasteiger partial charge in [-0.3, -0.25) is 5.32 Å². The minimum atomic E-state index is -0.762. The molecule has 2 aromatic rings. The first-order chi connectivity index (χ1) is 14.7. The predicted octanol–water partition coefficient (Wildman–Crippen LogP) is 4.18. The van der Waals surface area contributed by atoms with Crippen molar-refractivity contribution < 1.29 is 24.2 Å². The van der Waals surface area contributed by atoms with Crippen LogP contribution in [0.5, 0.6) is 0 Å². The monoisotopic (exact) mass is 426 g/mol. The van der Waals surface area contributed by atoms with Gasteiger partial charge in [-0.15, -0.1) is 0 Å². The highest BCUT2D eigenvalue weighted by Gasteiger charge is 2.28. The van der Waals surface area contributed by atoms with E-state index in [0.717, 1.165) is 16.7 Å². The molecule has 1 aliphatic rings. The predicted molar refractivity (Wildman–Crippen MR) is 118 cm³/mol.